The minimum absolute atomic E-state index is 0.959. The lowest BCUT2D eigenvalue weighted by Crippen LogP contribution is -1.95. The van der Waals surface area contributed by atoms with Crippen molar-refractivity contribution in [3.63, 3.8) is 0 Å². The third kappa shape index (κ3) is 1.86. The summed E-state index contributed by atoms with van der Waals surface area (Å²) in [5.74, 6) is 0.959. The summed E-state index contributed by atoms with van der Waals surface area (Å²) in [6, 6.07) is 23.4. The van der Waals surface area contributed by atoms with E-state index >= 15 is 0 Å². The first-order chi connectivity index (χ1) is 11.7. The van der Waals surface area contributed by atoms with Crippen LogP contribution in [0.2, 0.25) is 0 Å². The summed E-state index contributed by atoms with van der Waals surface area (Å²) in [6.45, 7) is 2.12. The Morgan fingerprint density at radius 1 is 0.833 bits per heavy atom. The molecule has 0 fully saturated rings. The lowest BCUT2D eigenvalue weighted by Gasteiger charge is -2.06. The first-order valence-electron chi connectivity index (χ1n) is 7.87. The van der Waals surface area contributed by atoms with Crippen molar-refractivity contribution in [3.05, 3.63) is 75.9 Å². The van der Waals surface area contributed by atoms with Crippen molar-refractivity contribution in [2.45, 2.75) is 6.92 Å². The van der Waals surface area contributed by atoms with Gasteiger partial charge in [-0.2, -0.15) is 0 Å². The van der Waals surface area contributed by atoms with Gasteiger partial charge in [-0.15, -0.1) is 0 Å². The van der Waals surface area contributed by atoms with Crippen molar-refractivity contribution >= 4 is 50.4 Å². The van der Waals surface area contributed by atoms with Crippen LogP contribution in [0.3, 0.4) is 0 Å². The van der Waals surface area contributed by atoms with Gasteiger partial charge in [0, 0.05) is 9.26 Å². The third-order valence-electron chi connectivity index (χ3n) is 4.44. The van der Waals surface area contributed by atoms with Gasteiger partial charge in [0.15, 0.2) is 0 Å². The topological polar surface area (TPSA) is 22.2 Å². The second-order valence-electron chi connectivity index (χ2n) is 6.02. The molecule has 24 heavy (non-hydrogen) atoms. The van der Waals surface area contributed by atoms with E-state index in [2.05, 4.69) is 105 Å². The molecule has 3 aromatic carbocycles. The van der Waals surface area contributed by atoms with Crippen LogP contribution in [0.15, 0.2) is 66.7 Å². The zero-order valence-corrected chi connectivity index (χ0v) is 15.2. The predicted octanol–water partition coefficient (Wildman–Crippen LogP) is 5.34. The van der Waals surface area contributed by atoms with Crippen molar-refractivity contribution in [2.24, 2.45) is 0 Å². The van der Waals surface area contributed by atoms with E-state index in [0.29, 0.717) is 0 Å². The Bertz CT molecular complexity index is 1230. The maximum atomic E-state index is 4.98. The molecule has 0 aliphatic heterocycles. The molecule has 2 aromatic heterocycles. The monoisotopic (exact) mass is 423 g/mol. The summed E-state index contributed by atoms with van der Waals surface area (Å²) in [5, 5.41) is 0. The lowest BCUT2D eigenvalue weighted by atomic mass is 10.2. The van der Waals surface area contributed by atoms with Crippen molar-refractivity contribution in [1.82, 2.24) is 14.0 Å². The second-order valence-corrected chi connectivity index (χ2v) is 7.18. The Morgan fingerprint density at radius 2 is 1.58 bits per heavy atom. The average molecular weight is 423 g/mol. The summed E-state index contributed by atoms with van der Waals surface area (Å²) < 4.78 is 5.68. The van der Waals surface area contributed by atoms with Gasteiger partial charge in [-0.05, 0) is 71.5 Å². The molecule has 0 atom stereocenters. The fraction of sp³-hybridized carbons (Fsp3) is 0.0500. The number of fused-ring (bicyclic) bond motifs is 5. The molecule has 2 heterocycles. The number of para-hydroxylation sites is 3. The van der Waals surface area contributed by atoms with E-state index in [-0.39, 0.29) is 0 Å². The number of benzene rings is 3. The van der Waals surface area contributed by atoms with Crippen LogP contribution >= 0.6 is 22.6 Å². The van der Waals surface area contributed by atoms with Crippen LogP contribution in [0, 0.1) is 10.5 Å². The quantitative estimate of drug-likeness (QED) is 0.334. The molecular weight excluding hydrogens is 409 g/mol. The van der Waals surface area contributed by atoms with Crippen LogP contribution in [0.25, 0.3) is 33.5 Å². The van der Waals surface area contributed by atoms with Gasteiger partial charge in [-0.3, -0.25) is 8.97 Å². The summed E-state index contributed by atoms with van der Waals surface area (Å²) in [7, 11) is 0. The fourth-order valence-electron chi connectivity index (χ4n) is 3.41. The predicted molar refractivity (Wildman–Crippen MR) is 107 cm³/mol. The molecule has 3 nitrogen and oxygen atoms in total. The number of hydrogen-bond donors (Lipinski definition) is 0. The summed E-state index contributed by atoms with van der Waals surface area (Å²) in [6.07, 6.45) is 0. The molecule has 0 saturated heterocycles. The normalized spacial score (nSPS) is 11.8. The molecular formula is C20H14IN3. The number of halogens is 1. The number of aromatic nitrogens is 3. The first-order valence-corrected chi connectivity index (χ1v) is 8.95. The van der Waals surface area contributed by atoms with Crippen LogP contribution in [0.4, 0.5) is 0 Å². The van der Waals surface area contributed by atoms with Crippen LogP contribution in [0.5, 0.6) is 0 Å². The standard InChI is InChI=1S/C20H14IN3/c1-13-6-4-7-14(12-13)23-16-9-2-3-10-17(16)24-18-11-5-8-15(21)19(18)22-20(23)24/h2-12H,1H3. The number of aryl methyl sites for hydroxylation is 1. The van der Waals surface area contributed by atoms with E-state index in [0.717, 1.165) is 22.5 Å². The minimum Gasteiger partial charge on any atom is -0.278 e. The zero-order valence-electron chi connectivity index (χ0n) is 13.1. The van der Waals surface area contributed by atoms with Crippen LogP contribution < -0.4 is 0 Å². The van der Waals surface area contributed by atoms with Crippen molar-refractivity contribution in [1.29, 1.82) is 0 Å². The molecule has 5 rings (SSSR count). The molecule has 0 unspecified atom stereocenters. The van der Waals surface area contributed by atoms with E-state index in [9.17, 15) is 0 Å². The van der Waals surface area contributed by atoms with E-state index in [1.54, 1.807) is 0 Å². The number of imidazole rings is 2. The van der Waals surface area contributed by atoms with E-state index < -0.39 is 0 Å². The Kier molecular flexibility index (Phi) is 2.97. The number of rotatable bonds is 1. The molecule has 0 bridgehead atoms. The highest BCUT2D eigenvalue weighted by Crippen LogP contribution is 2.30. The Balaban J connectivity index is 2.04. The summed E-state index contributed by atoms with van der Waals surface area (Å²) >= 11 is 2.36. The largest absolute Gasteiger partial charge is 0.278 e. The van der Waals surface area contributed by atoms with Gasteiger partial charge in [0.25, 0.3) is 0 Å². The van der Waals surface area contributed by atoms with Gasteiger partial charge in [0.1, 0.15) is 5.52 Å². The van der Waals surface area contributed by atoms with Gasteiger partial charge in [0.05, 0.1) is 16.6 Å². The Labute approximate surface area is 152 Å². The van der Waals surface area contributed by atoms with Crippen LogP contribution in [-0.4, -0.2) is 14.0 Å². The maximum Gasteiger partial charge on any atom is 0.220 e. The molecule has 0 amide bonds. The first kappa shape index (κ1) is 14.0. The molecule has 0 N–H and O–H groups in total. The van der Waals surface area contributed by atoms with Gasteiger partial charge in [-0.25, -0.2) is 4.98 Å². The minimum atomic E-state index is 0.959. The highest BCUT2D eigenvalue weighted by atomic mass is 127. The molecule has 0 spiro atoms. The zero-order chi connectivity index (χ0) is 16.3. The summed E-state index contributed by atoms with van der Waals surface area (Å²) in [4.78, 5) is 4.98. The van der Waals surface area contributed by atoms with Crippen LogP contribution in [-0.2, 0) is 0 Å². The fourth-order valence-corrected chi connectivity index (χ4v) is 4.02. The van der Waals surface area contributed by atoms with Gasteiger partial charge in [0.2, 0.25) is 5.78 Å². The average Bonchev–Trinajstić information content (AvgIpc) is 3.10. The lowest BCUT2D eigenvalue weighted by molar-refractivity contribution is 1.10. The van der Waals surface area contributed by atoms with Crippen molar-refractivity contribution in [3.8, 4) is 5.69 Å². The third-order valence-corrected chi connectivity index (χ3v) is 5.31. The molecule has 116 valence electrons. The van der Waals surface area contributed by atoms with E-state index in [1.165, 1.54) is 20.2 Å². The van der Waals surface area contributed by atoms with Crippen molar-refractivity contribution in [2.75, 3.05) is 0 Å². The van der Waals surface area contributed by atoms with Gasteiger partial charge < -0.3 is 0 Å². The Morgan fingerprint density at radius 3 is 2.42 bits per heavy atom. The highest BCUT2D eigenvalue weighted by Gasteiger charge is 2.17. The van der Waals surface area contributed by atoms with Gasteiger partial charge in [-0.1, -0.05) is 30.3 Å². The van der Waals surface area contributed by atoms with E-state index in [1.807, 2.05) is 0 Å². The van der Waals surface area contributed by atoms with Crippen LogP contribution in [0.1, 0.15) is 5.56 Å². The molecule has 5 aromatic rings. The Hall–Kier alpha value is -2.34. The molecule has 4 heteroatoms. The number of nitrogens with zero attached hydrogens (tertiary/aromatic N) is 3. The molecule has 0 saturated carbocycles. The second kappa shape index (κ2) is 5.08. The number of hydrogen-bond acceptors (Lipinski definition) is 1. The van der Waals surface area contributed by atoms with E-state index in [4.69, 9.17) is 4.98 Å². The molecule has 0 aliphatic carbocycles. The maximum absolute atomic E-state index is 4.98. The summed E-state index contributed by atoms with van der Waals surface area (Å²) in [5.41, 5.74) is 6.95. The molecule has 0 aliphatic rings. The highest BCUT2D eigenvalue weighted by molar-refractivity contribution is 14.1. The molecule has 0 radical (unpaired) electrons. The van der Waals surface area contributed by atoms with Gasteiger partial charge >= 0.3 is 0 Å². The smallest absolute Gasteiger partial charge is 0.220 e. The SMILES string of the molecule is Cc1cccc(-n2c3ccccc3n3c4cccc(I)c4nc23)c1. The van der Waals surface area contributed by atoms with Crippen molar-refractivity contribution < 1.29 is 0 Å².